The van der Waals surface area contributed by atoms with Crippen molar-refractivity contribution in [2.75, 3.05) is 26.3 Å². The van der Waals surface area contributed by atoms with E-state index in [1.54, 1.807) is 13.3 Å². The van der Waals surface area contributed by atoms with Gasteiger partial charge in [-0.1, -0.05) is 13.3 Å². The van der Waals surface area contributed by atoms with Crippen LogP contribution in [0.3, 0.4) is 0 Å². The van der Waals surface area contributed by atoms with Crippen LogP contribution in [0.5, 0.6) is 0 Å². The molecule has 0 aliphatic carbocycles. The zero-order valence-electron chi connectivity index (χ0n) is 7.09. The average Bonchev–Trinajstić information content (AvgIpc) is 1.78. The minimum atomic E-state index is -1.93. The van der Waals surface area contributed by atoms with Gasteiger partial charge in [-0.3, -0.25) is 0 Å². The molecule has 0 radical (unpaired) electrons. The Balaban J connectivity index is 3.13. The molecule has 0 aromatic rings. The van der Waals surface area contributed by atoms with Gasteiger partial charge in [0.1, 0.15) is 7.14 Å². The molecule has 0 heterocycles. The summed E-state index contributed by atoms with van der Waals surface area (Å²) in [6, 6.07) is 0. The molecular formula is C7H17O2P. The summed E-state index contributed by atoms with van der Waals surface area (Å²) in [5.41, 5.74) is 0. The molecule has 0 unspecified atom stereocenters. The van der Waals surface area contributed by atoms with Crippen molar-refractivity contribution in [3.8, 4) is 0 Å². The summed E-state index contributed by atoms with van der Waals surface area (Å²) in [5.74, 6) is 0. The van der Waals surface area contributed by atoms with Gasteiger partial charge in [0, 0.05) is 6.61 Å². The highest BCUT2D eigenvalue weighted by Crippen LogP contribution is 2.35. The molecule has 0 rings (SSSR count). The third-order valence-corrected chi connectivity index (χ3v) is 1.85. The number of rotatable bonds is 5. The topological polar surface area (TPSA) is 26.3 Å². The van der Waals surface area contributed by atoms with Crippen LogP contribution in [-0.4, -0.2) is 26.3 Å². The van der Waals surface area contributed by atoms with Crippen LogP contribution in [0.15, 0.2) is 0 Å². The van der Waals surface area contributed by atoms with E-state index in [4.69, 9.17) is 4.74 Å². The fourth-order valence-corrected chi connectivity index (χ4v) is 1.10. The maximum atomic E-state index is 11.1. The van der Waals surface area contributed by atoms with Gasteiger partial charge in [-0.2, -0.15) is 0 Å². The first-order valence-electron chi connectivity index (χ1n) is 3.68. The smallest absolute Gasteiger partial charge is 0.106 e. The molecule has 0 aliphatic heterocycles. The lowest BCUT2D eigenvalue weighted by atomic mass is 10.4. The summed E-state index contributed by atoms with van der Waals surface area (Å²) in [4.78, 5) is 0. The molecule has 0 saturated heterocycles. The molecule has 10 heavy (non-hydrogen) atoms. The summed E-state index contributed by atoms with van der Waals surface area (Å²) in [6.45, 7) is 6.36. The second-order valence-electron chi connectivity index (χ2n) is 2.96. The maximum Gasteiger partial charge on any atom is 0.106 e. The summed E-state index contributed by atoms with van der Waals surface area (Å²) in [7, 11) is -1.93. The quantitative estimate of drug-likeness (QED) is 0.460. The van der Waals surface area contributed by atoms with Crippen LogP contribution in [0.2, 0.25) is 0 Å². The molecule has 3 heteroatoms. The lowest BCUT2D eigenvalue weighted by Crippen LogP contribution is -1.96. The second-order valence-corrected chi connectivity index (χ2v) is 6.37. The zero-order chi connectivity index (χ0) is 8.04. The summed E-state index contributed by atoms with van der Waals surface area (Å²) in [5, 5.41) is 0. The summed E-state index contributed by atoms with van der Waals surface area (Å²) < 4.78 is 16.2. The van der Waals surface area contributed by atoms with Crippen molar-refractivity contribution < 1.29 is 9.30 Å². The number of unbranched alkanes of at least 4 members (excludes halogenated alkanes) is 1. The van der Waals surface area contributed by atoms with Crippen molar-refractivity contribution in [3.05, 3.63) is 0 Å². The normalized spacial score (nSPS) is 11.9. The highest BCUT2D eigenvalue weighted by atomic mass is 31.2. The molecule has 2 nitrogen and oxygen atoms in total. The van der Waals surface area contributed by atoms with Gasteiger partial charge in [-0.05, 0) is 19.8 Å². The predicted octanol–water partition coefficient (Wildman–Crippen LogP) is 2.38. The number of ether oxygens (including phenoxy) is 1. The van der Waals surface area contributed by atoms with Crippen molar-refractivity contribution in [1.82, 2.24) is 0 Å². The summed E-state index contributed by atoms with van der Waals surface area (Å²) >= 11 is 0. The average molecular weight is 164 g/mol. The Labute approximate surface area is 63.3 Å². The van der Waals surface area contributed by atoms with E-state index >= 15 is 0 Å². The molecule has 0 bridgehead atoms. The first kappa shape index (κ1) is 10.2. The van der Waals surface area contributed by atoms with E-state index in [2.05, 4.69) is 6.92 Å². The number of hydrogen-bond donors (Lipinski definition) is 0. The fraction of sp³-hybridized carbons (Fsp3) is 1.00. The van der Waals surface area contributed by atoms with Crippen molar-refractivity contribution >= 4 is 7.14 Å². The van der Waals surface area contributed by atoms with E-state index in [-0.39, 0.29) is 0 Å². The maximum absolute atomic E-state index is 11.1. The highest BCUT2D eigenvalue weighted by molar-refractivity contribution is 7.62. The molecule has 0 spiro atoms. The monoisotopic (exact) mass is 164 g/mol. The van der Waals surface area contributed by atoms with Crippen LogP contribution in [0, 0.1) is 0 Å². The van der Waals surface area contributed by atoms with Gasteiger partial charge in [0.25, 0.3) is 0 Å². The van der Waals surface area contributed by atoms with Crippen LogP contribution in [0.1, 0.15) is 19.8 Å². The Morgan fingerprint density at radius 2 is 2.00 bits per heavy atom. The van der Waals surface area contributed by atoms with Gasteiger partial charge in [0.2, 0.25) is 0 Å². The fourth-order valence-electron chi connectivity index (χ4n) is 0.531. The van der Waals surface area contributed by atoms with Crippen molar-refractivity contribution in [3.63, 3.8) is 0 Å². The van der Waals surface area contributed by atoms with E-state index in [1.807, 2.05) is 0 Å². The van der Waals surface area contributed by atoms with Gasteiger partial charge < -0.3 is 9.30 Å². The molecule has 0 aromatic heterocycles. The molecule has 0 saturated carbocycles. The largest absolute Gasteiger partial charge is 0.374 e. The summed E-state index contributed by atoms with van der Waals surface area (Å²) in [6.07, 6.45) is 2.64. The van der Waals surface area contributed by atoms with E-state index < -0.39 is 7.14 Å². The zero-order valence-corrected chi connectivity index (χ0v) is 7.99. The van der Waals surface area contributed by atoms with E-state index in [0.29, 0.717) is 6.35 Å². The lowest BCUT2D eigenvalue weighted by molar-refractivity contribution is 0.172. The number of hydrogen-bond acceptors (Lipinski definition) is 2. The molecule has 62 valence electrons. The molecular weight excluding hydrogens is 147 g/mol. The Bertz CT molecular complexity index is 117. The Morgan fingerprint density at radius 1 is 1.40 bits per heavy atom. The Hall–Kier alpha value is 0.190. The van der Waals surface area contributed by atoms with Gasteiger partial charge in [0.15, 0.2) is 0 Å². The molecule has 0 fully saturated rings. The highest BCUT2D eigenvalue weighted by Gasteiger charge is 2.05. The first-order chi connectivity index (χ1) is 4.56. The van der Waals surface area contributed by atoms with E-state index in [0.717, 1.165) is 19.4 Å². The van der Waals surface area contributed by atoms with Crippen molar-refractivity contribution in [1.29, 1.82) is 0 Å². The van der Waals surface area contributed by atoms with E-state index in [1.165, 1.54) is 0 Å². The van der Waals surface area contributed by atoms with Gasteiger partial charge in [0.05, 0.1) is 6.35 Å². The van der Waals surface area contributed by atoms with Gasteiger partial charge >= 0.3 is 0 Å². The molecule has 0 amide bonds. The standard InChI is InChI=1S/C7H17O2P/c1-4-5-6-9-7-10(2,3)8/h4-7H2,1-3H3. The van der Waals surface area contributed by atoms with Crippen LogP contribution in [0.25, 0.3) is 0 Å². The van der Waals surface area contributed by atoms with Crippen LogP contribution in [0.4, 0.5) is 0 Å². The Kier molecular flexibility index (Phi) is 5.02. The molecule has 0 aromatic carbocycles. The van der Waals surface area contributed by atoms with Crippen LogP contribution < -0.4 is 0 Å². The first-order valence-corrected chi connectivity index (χ1v) is 6.46. The minimum absolute atomic E-state index is 0.438. The van der Waals surface area contributed by atoms with Gasteiger partial charge in [-0.15, -0.1) is 0 Å². The lowest BCUT2D eigenvalue weighted by Gasteiger charge is -2.06. The predicted molar refractivity (Wildman–Crippen MR) is 45.2 cm³/mol. The molecule has 0 aliphatic rings. The van der Waals surface area contributed by atoms with Crippen LogP contribution in [-0.2, 0) is 9.30 Å². The second kappa shape index (κ2) is 4.92. The van der Waals surface area contributed by atoms with E-state index in [9.17, 15) is 4.57 Å². The third kappa shape index (κ3) is 8.19. The van der Waals surface area contributed by atoms with Crippen LogP contribution >= 0.6 is 7.14 Å². The third-order valence-electron chi connectivity index (χ3n) is 1.04. The SMILES string of the molecule is CCCCOCP(C)(C)=O. The minimum Gasteiger partial charge on any atom is -0.374 e. The van der Waals surface area contributed by atoms with Crippen molar-refractivity contribution in [2.45, 2.75) is 19.8 Å². The van der Waals surface area contributed by atoms with Crippen molar-refractivity contribution in [2.24, 2.45) is 0 Å². The molecule has 0 atom stereocenters. The van der Waals surface area contributed by atoms with Gasteiger partial charge in [-0.25, -0.2) is 0 Å². The molecule has 0 N–H and O–H groups in total. The Morgan fingerprint density at radius 3 is 2.40 bits per heavy atom.